The summed E-state index contributed by atoms with van der Waals surface area (Å²) in [6.07, 6.45) is 21.2. The summed E-state index contributed by atoms with van der Waals surface area (Å²) in [7, 11) is 0. The Morgan fingerprint density at radius 2 is 1.48 bits per heavy atom. The van der Waals surface area contributed by atoms with Crippen LogP contribution in [0.25, 0.3) is 0 Å². The number of rotatable bonds is 9. The van der Waals surface area contributed by atoms with Crippen molar-refractivity contribution < 1.29 is 9.53 Å². The molecule has 0 aromatic heterocycles. The van der Waals surface area contributed by atoms with Gasteiger partial charge in [-0.2, -0.15) is 0 Å². The maximum atomic E-state index is 11.7. The summed E-state index contributed by atoms with van der Waals surface area (Å²) in [5, 5.41) is 0. The molecule has 2 saturated carbocycles. The Labute approximate surface area is 155 Å². The van der Waals surface area contributed by atoms with E-state index >= 15 is 0 Å². The van der Waals surface area contributed by atoms with Crippen molar-refractivity contribution in [3.63, 3.8) is 0 Å². The highest BCUT2D eigenvalue weighted by atomic mass is 16.5. The van der Waals surface area contributed by atoms with Crippen molar-refractivity contribution in [2.24, 2.45) is 23.7 Å². The molecule has 0 saturated heterocycles. The van der Waals surface area contributed by atoms with Crippen molar-refractivity contribution in [3.05, 3.63) is 12.2 Å². The molecular formula is C23H40O2. The second-order valence-electron chi connectivity index (χ2n) is 8.48. The Morgan fingerprint density at radius 1 is 0.880 bits per heavy atom. The first-order valence-electron chi connectivity index (χ1n) is 11.1. The van der Waals surface area contributed by atoms with Crippen molar-refractivity contribution in [2.45, 2.75) is 97.3 Å². The molecule has 2 aliphatic carbocycles. The molecule has 0 aromatic rings. The quantitative estimate of drug-likeness (QED) is 0.263. The maximum absolute atomic E-state index is 11.7. The summed E-state index contributed by atoms with van der Waals surface area (Å²) in [4.78, 5) is 11.7. The van der Waals surface area contributed by atoms with Gasteiger partial charge in [0.05, 0.1) is 6.61 Å². The van der Waals surface area contributed by atoms with Gasteiger partial charge in [-0.05, 0) is 68.6 Å². The number of carbonyl (C=O) groups excluding carboxylic acids is 1. The van der Waals surface area contributed by atoms with Crippen LogP contribution in [0.15, 0.2) is 12.2 Å². The van der Waals surface area contributed by atoms with Crippen LogP contribution >= 0.6 is 0 Å². The van der Waals surface area contributed by atoms with Gasteiger partial charge in [0.25, 0.3) is 0 Å². The lowest BCUT2D eigenvalue weighted by Gasteiger charge is -2.37. The smallest absolute Gasteiger partial charge is 0.330 e. The fourth-order valence-electron chi connectivity index (χ4n) is 4.83. The van der Waals surface area contributed by atoms with Crippen LogP contribution in [-0.2, 0) is 9.53 Å². The highest BCUT2D eigenvalue weighted by Gasteiger charge is 2.30. The zero-order valence-corrected chi connectivity index (χ0v) is 16.7. The van der Waals surface area contributed by atoms with Gasteiger partial charge in [0.15, 0.2) is 0 Å². The van der Waals surface area contributed by atoms with Crippen molar-refractivity contribution in [1.29, 1.82) is 0 Å². The summed E-state index contributed by atoms with van der Waals surface area (Å²) in [5.41, 5.74) is 0. The zero-order valence-electron chi connectivity index (χ0n) is 16.7. The summed E-state index contributed by atoms with van der Waals surface area (Å²) in [6, 6.07) is 0. The minimum atomic E-state index is -0.152. The molecule has 0 heterocycles. The molecule has 0 aliphatic heterocycles. The molecule has 2 fully saturated rings. The molecule has 0 N–H and O–H groups in total. The van der Waals surface area contributed by atoms with E-state index in [1.165, 1.54) is 70.6 Å². The van der Waals surface area contributed by atoms with E-state index in [-0.39, 0.29) is 5.97 Å². The number of hydrogen-bond donors (Lipinski definition) is 0. The molecule has 0 unspecified atom stereocenters. The average molecular weight is 349 g/mol. The monoisotopic (exact) mass is 348 g/mol. The maximum Gasteiger partial charge on any atom is 0.330 e. The Hall–Kier alpha value is -0.790. The summed E-state index contributed by atoms with van der Waals surface area (Å²) >= 11 is 0. The predicted octanol–water partition coefficient (Wildman–Crippen LogP) is 6.69. The fraction of sp³-hybridized carbons (Fsp3) is 0.870. The van der Waals surface area contributed by atoms with Gasteiger partial charge in [0.2, 0.25) is 0 Å². The number of esters is 1. The van der Waals surface area contributed by atoms with E-state index in [2.05, 4.69) is 19.9 Å². The van der Waals surface area contributed by atoms with E-state index in [1.807, 2.05) is 0 Å². The summed E-state index contributed by atoms with van der Waals surface area (Å²) in [6.45, 7) is 4.98. The Bertz CT molecular complexity index is 385. The Balaban J connectivity index is 1.62. The normalized spacial score (nSPS) is 30.5. The molecular weight excluding hydrogens is 308 g/mol. The standard InChI is InChI=1S/C23H40O2/c1-3-5-7-19-8-13-21(14-9-19)22-15-10-20(11-16-22)12-17-23(24)25-18-6-4-2/h12,17,19-22H,3-11,13-16,18H2,1-2H3. The topological polar surface area (TPSA) is 26.3 Å². The fourth-order valence-corrected chi connectivity index (χ4v) is 4.83. The Morgan fingerprint density at radius 3 is 2.08 bits per heavy atom. The number of ether oxygens (including phenoxy) is 1. The van der Waals surface area contributed by atoms with Gasteiger partial charge in [-0.1, -0.05) is 58.4 Å². The first-order chi connectivity index (χ1) is 12.2. The molecule has 25 heavy (non-hydrogen) atoms. The van der Waals surface area contributed by atoms with E-state index in [4.69, 9.17) is 4.74 Å². The van der Waals surface area contributed by atoms with Gasteiger partial charge < -0.3 is 4.74 Å². The molecule has 0 amide bonds. The molecule has 2 rings (SSSR count). The second-order valence-corrected chi connectivity index (χ2v) is 8.48. The van der Waals surface area contributed by atoms with E-state index in [1.54, 1.807) is 6.08 Å². The Kier molecular flexibility index (Phi) is 9.65. The molecule has 144 valence electrons. The first kappa shape index (κ1) is 20.5. The van der Waals surface area contributed by atoms with Crippen LogP contribution in [0, 0.1) is 23.7 Å². The van der Waals surface area contributed by atoms with E-state index in [0.29, 0.717) is 12.5 Å². The van der Waals surface area contributed by atoms with Crippen LogP contribution in [0.1, 0.15) is 97.3 Å². The van der Waals surface area contributed by atoms with Gasteiger partial charge >= 0.3 is 5.97 Å². The first-order valence-corrected chi connectivity index (χ1v) is 11.1. The number of unbranched alkanes of at least 4 members (excludes halogenated alkanes) is 2. The highest BCUT2D eigenvalue weighted by Crippen LogP contribution is 2.42. The lowest BCUT2D eigenvalue weighted by molar-refractivity contribution is -0.137. The molecule has 0 aromatic carbocycles. The largest absolute Gasteiger partial charge is 0.463 e. The number of carbonyl (C=O) groups is 1. The lowest BCUT2D eigenvalue weighted by atomic mass is 9.68. The van der Waals surface area contributed by atoms with Crippen LogP contribution in [0.2, 0.25) is 0 Å². The van der Waals surface area contributed by atoms with Gasteiger partial charge in [-0.25, -0.2) is 4.79 Å². The van der Waals surface area contributed by atoms with Gasteiger partial charge in [-0.3, -0.25) is 0 Å². The third kappa shape index (κ3) is 7.54. The third-order valence-corrected chi connectivity index (χ3v) is 6.59. The number of allylic oxidation sites excluding steroid dienone is 1. The number of hydrogen-bond acceptors (Lipinski definition) is 2. The molecule has 0 atom stereocenters. The third-order valence-electron chi connectivity index (χ3n) is 6.59. The molecule has 0 radical (unpaired) electrons. The van der Waals surface area contributed by atoms with Gasteiger partial charge in [0, 0.05) is 6.08 Å². The van der Waals surface area contributed by atoms with Crippen LogP contribution in [-0.4, -0.2) is 12.6 Å². The summed E-state index contributed by atoms with van der Waals surface area (Å²) < 4.78 is 5.20. The highest BCUT2D eigenvalue weighted by molar-refractivity contribution is 5.81. The second kappa shape index (κ2) is 11.8. The zero-order chi connectivity index (χ0) is 17.9. The predicted molar refractivity (Wildman–Crippen MR) is 105 cm³/mol. The van der Waals surface area contributed by atoms with E-state index in [0.717, 1.165) is 30.6 Å². The van der Waals surface area contributed by atoms with Crippen molar-refractivity contribution in [1.82, 2.24) is 0 Å². The SMILES string of the molecule is CCCCOC(=O)C=CC1CCC(C2CCC(CCCC)CC2)CC1. The minimum absolute atomic E-state index is 0.152. The van der Waals surface area contributed by atoms with Crippen LogP contribution < -0.4 is 0 Å². The summed E-state index contributed by atoms with van der Waals surface area (Å²) in [5.74, 6) is 3.40. The molecule has 0 spiro atoms. The molecule has 0 bridgehead atoms. The van der Waals surface area contributed by atoms with Crippen molar-refractivity contribution >= 4 is 5.97 Å². The molecule has 2 heteroatoms. The van der Waals surface area contributed by atoms with Gasteiger partial charge in [0.1, 0.15) is 0 Å². The van der Waals surface area contributed by atoms with Crippen LogP contribution in [0.4, 0.5) is 0 Å². The van der Waals surface area contributed by atoms with Crippen LogP contribution in [0.5, 0.6) is 0 Å². The molecule has 2 aliphatic rings. The lowest BCUT2D eigenvalue weighted by Crippen LogP contribution is -2.25. The van der Waals surface area contributed by atoms with Crippen molar-refractivity contribution in [3.8, 4) is 0 Å². The van der Waals surface area contributed by atoms with E-state index in [9.17, 15) is 4.79 Å². The van der Waals surface area contributed by atoms with Gasteiger partial charge in [-0.15, -0.1) is 0 Å². The minimum Gasteiger partial charge on any atom is -0.463 e. The van der Waals surface area contributed by atoms with Crippen molar-refractivity contribution in [2.75, 3.05) is 6.61 Å². The average Bonchev–Trinajstić information content (AvgIpc) is 2.66. The molecule has 2 nitrogen and oxygen atoms in total. The van der Waals surface area contributed by atoms with Crippen LogP contribution in [0.3, 0.4) is 0 Å². The van der Waals surface area contributed by atoms with E-state index < -0.39 is 0 Å².